The largest absolute Gasteiger partial charge is 0.489 e. The maximum absolute atomic E-state index is 12.4. The summed E-state index contributed by atoms with van der Waals surface area (Å²) in [6, 6.07) is 31.2. The van der Waals surface area contributed by atoms with E-state index in [0.717, 1.165) is 18.2 Å². The third kappa shape index (κ3) is 5.79. The molecule has 0 spiro atoms. The summed E-state index contributed by atoms with van der Waals surface area (Å²) in [5.41, 5.74) is 2.47. The van der Waals surface area contributed by atoms with Crippen molar-refractivity contribution in [2.24, 2.45) is 0 Å². The number of benzene rings is 4. The van der Waals surface area contributed by atoms with Gasteiger partial charge >= 0.3 is 0 Å². The molecular formula is C26H22O4. The fraction of sp³-hybridized carbons (Fsp3) is 0.0769. The van der Waals surface area contributed by atoms with Crippen molar-refractivity contribution in [2.75, 3.05) is 0 Å². The molecular weight excluding hydrogens is 376 g/mol. The van der Waals surface area contributed by atoms with Crippen LogP contribution < -0.4 is 4.74 Å². The fourth-order valence-electron chi connectivity index (χ4n) is 2.95. The van der Waals surface area contributed by atoms with Gasteiger partial charge in [-0.3, -0.25) is 9.59 Å². The van der Waals surface area contributed by atoms with Gasteiger partial charge in [0.15, 0.2) is 5.78 Å². The van der Waals surface area contributed by atoms with Crippen molar-refractivity contribution in [1.29, 1.82) is 0 Å². The first-order valence-electron chi connectivity index (χ1n) is 9.53. The topological polar surface area (TPSA) is 63.6 Å². The molecule has 30 heavy (non-hydrogen) atoms. The molecule has 0 aliphatic carbocycles. The highest BCUT2D eigenvalue weighted by Gasteiger charge is 2.08. The van der Waals surface area contributed by atoms with Crippen molar-refractivity contribution < 1.29 is 19.4 Å². The van der Waals surface area contributed by atoms with E-state index in [0.29, 0.717) is 17.7 Å². The molecule has 150 valence electrons. The van der Waals surface area contributed by atoms with E-state index in [1.54, 1.807) is 0 Å². The minimum Gasteiger partial charge on any atom is -0.489 e. The molecule has 1 N–H and O–H groups in total. The highest BCUT2D eigenvalue weighted by molar-refractivity contribution is 6.08. The molecule has 0 saturated heterocycles. The van der Waals surface area contributed by atoms with Crippen LogP contribution in [0.15, 0.2) is 97.1 Å². The molecule has 0 unspecified atom stereocenters. The Balaban J connectivity index is 0.000000589. The lowest BCUT2D eigenvalue weighted by Crippen LogP contribution is -2.01. The van der Waals surface area contributed by atoms with Gasteiger partial charge in [-0.15, -0.1) is 0 Å². The number of carboxylic acids is 1. The fourth-order valence-corrected chi connectivity index (χ4v) is 2.95. The Morgan fingerprint density at radius 2 is 1.30 bits per heavy atom. The number of hydrogen-bond acceptors (Lipinski definition) is 3. The standard InChI is InChI=1S/C24H18O2.C2H4O2/c25-24(20-7-2-1-3-8-20)21-12-14-23(15-13-21)26-17-18-10-11-19-6-4-5-9-22(19)16-18;1-2(3)4/h1-16H,17H2;1H3,(H,3,4). The minimum atomic E-state index is -0.833. The Hall–Kier alpha value is -3.92. The van der Waals surface area contributed by atoms with Crippen LogP contribution in [0.5, 0.6) is 5.75 Å². The SMILES string of the molecule is CC(=O)O.O=C(c1ccccc1)c1ccc(OCc2ccc3ccccc3c2)cc1. The molecule has 0 saturated carbocycles. The third-order valence-corrected chi connectivity index (χ3v) is 4.37. The average Bonchev–Trinajstić information content (AvgIpc) is 2.77. The Morgan fingerprint density at radius 3 is 1.97 bits per heavy atom. The summed E-state index contributed by atoms with van der Waals surface area (Å²) in [5, 5.41) is 9.84. The van der Waals surface area contributed by atoms with Crippen LogP contribution in [0.25, 0.3) is 10.8 Å². The normalized spacial score (nSPS) is 10.0. The quantitative estimate of drug-likeness (QED) is 0.435. The molecule has 0 atom stereocenters. The van der Waals surface area contributed by atoms with Gasteiger partial charge in [-0.2, -0.15) is 0 Å². The van der Waals surface area contributed by atoms with Crippen LogP contribution in [0.2, 0.25) is 0 Å². The summed E-state index contributed by atoms with van der Waals surface area (Å²) in [6.07, 6.45) is 0. The van der Waals surface area contributed by atoms with E-state index >= 15 is 0 Å². The smallest absolute Gasteiger partial charge is 0.300 e. The van der Waals surface area contributed by atoms with Crippen molar-refractivity contribution in [3.63, 3.8) is 0 Å². The predicted molar refractivity (Wildman–Crippen MR) is 118 cm³/mol. The van der Waals surface area contributed by atoms with Gasteiger partial charge in [0.2, 0.25) is 0 Å². The molecule has 4 rings (SSSR count). The number of fused-ring (bicyclic) bond motifs is 1. The first-order valence-corrected chi connectivity index (χ1v) is 9.53. The van der Waals surface area contributed by atoms with Crippen LogP contribution in [0, 0.1) is 0 Å². The molecule has 0 aliphatic heterocycles. The zero-order chi connectivity index (χ0) is 21.3. The monoisotopic (exact) mass is 398 g/mol. The lowest BCUT2D eigenvalue weighted by atomic mass is 10.0. The molecule has 4 aromatic rings. The van der Waals surface area contributed by atoms with Crippen molar-refractivity contribution >= 4 is 22.5 Å². The van der Waals surface area contributed by atoms with Gasteiger partial charge in [-0.05, 0) is 46.7 Å². The number of ketones is 1. The van der Waals surface area contributed by atoms with E-state index in [1.807, 2.05) is 66.7 Å². The molecule has 0 radical (unpaired) electrons. The lowest BCUT2D eigenvalue weighted by Gasteiger charge is -2.08. The average molecular weight is 398 g/mol. The second kappa shape index (κ2) is 10.0. The van der Waals surface area contributed by atoms with E-state index in [-0.39, 0.29) is 5.78 Å². The highest BCUT2D eigenvalue weighted by atomic mass is 16.5. The molecule has 0 aliphatic rings. The number of rotatable bonds is 5. The van der Waals surface area contributed by atoms with Crippen molar-refractivity contribution in [3.8, 4) is 5.75 Å². The zero-order valence-electron chi connectivity index (χ0n) is 16.6. The third-order valence-electron chi connectivity index (χ3n) is 4.37. The van der Waals surface area contributed by atoms with E-state index in [2.05, 4.69) is 30.3 Å². The Bertz CT molecular complexity index is 1130. The molecule has 0 bridgehead atoms. The maximum Gasteiger partial charge on any atom is 0.300 e. The van der Waals surface area contributed by atoms with Gasteiger partial charge in [0, 0.05) is 18.1 Å². The number of carboxylic acid groups (broad SMARTS) is 1. The number of ether oxygens (including phenoxy) is 1. The van der Waals surface area contributed by atoms with Crippen molar-refractivity contribution in [1.82, 2.24) is 0 Å². The summed E-state index contributed by atoms with van der Waals surface area (Å²) >= 11 is 0. The van der Waals surface area contributed by atoms with Gasteiger partial charge in [-0.25, -0.2) is 0 Å². The first-order chi connectivity index (χ1) is 14.5. The van der Waals surface area contributed by atoms with E-state index in [4.69, 9.17) is 14.6 Å². The molecule has 0 amide bonds. The summed E-state index contributed by atoms with van der Waals surface area (Å²) in [4.78, 5) is 21.4. The van der Waals surface area contributed by atoms with Crippen LogP contribution in [-0.2, 0) is 11.4 Å². The van der Waals surface area contributed by atoms with Crippen LogP contribution in [0.1, 0.15) is 28.4 Å². The van der Waals surface area contributed by atoms with E-state index in [9.17, 15) is 4.79 Å². The van der Waals surface area contributed by atoms with Gasteiger partial charge in [-0.1, -0.05) is 66.7 Å². The second-order valence-electron chi connectivity index (χ2n) is 6.71. The van der Waals surface area contributed by atoms with Crippen molar-refractivity contribution in [2.45, 2.75) is 13.5 Å². The molecule has 4 heteroatoms. The van der Waals surface area contributed by atoms with Gasteiger partial charge in [0.1, 0.15) is 12.4 Å². The van der Waals surface area contributed by atoms with Gasteiger partial charge < -0.3 is 9.84 Å². The zero-order valence-corrected chi connectivity index (χ0v) is 16.6. The molecule has 4 aromatic carbocycles. The lowest BCUT2D eigenvalue weighted by molar-refractivity contribution is -0.134. The number of carbonyl (C=O) groups excluding carboxylic acids is 1. The minimum absolute atomic E-state index is 0.0201. The Morgan fingerprint density at radius 1 is 0.733 bits per heavy atom. The van der Waals surface area contributed by atoms with Crippen LogP contribution in [-0.4, -0.2) is 16.9 Å². The molecule has 4 nitrogen and oxygen atoms in total. The van der Waals surface area contributed by atoms with Crippen LogP contribution >= 0.6 is 0 Å². The van der Waals surface area contributed by atoms with Crippen molar-refractivity contribution in [3.05, 3.63) is 114 Å². The maximum atomic E-state index is 12.4. The highest BCUT2D eigenvalue weighted by Crippen LogP contribution is 2.19. The Kier molecular flexibility index (Phi) is 6.95. The second-order valence-corrected chi connectivity index (χ2v) is 6.71. The van der Waals surface area contributed by atoms with Gasteiger partial charge in [0.25, 0.3) is 5.97 Å². The summed E-state index contributed by atoms with van der Waals surface area (Å²) in [7, 11) is 0. The molecule has 0 aromatic heterocycles. The number of carbonyl (C=O) groups is 2. The van der Waals surface area contributed by atoms with E-state index in [1.165, 1.54) is 10.8 Å². The number of aliphatic carboxylic acids is 1. The Labute approximate surface area is 175 Å². The molecule has 0 heterocycles. The number of hydrogen-bond donors (Lipinski definition) is 1. The summed E-state index contributed by atoms with van der Waals surface area (Å²) < 4.78 is 5.87. The van der Waals surface area contributed by atoms with Crippen LogP contribution in [0.3, 0.4) is 0 Å². The van der Waals surface area contributed by atoms with E-state index < -0.39 is 5.97 Å². The van der Waals surface area contributed by atoms with Gasteiger partial charge in [0.05, 0.1) is 0 Å². The first kappa shape index (κ1) is 20.8. The molecule has 0 fully saturated rings. The van der Waals surface area contributed by atoms with Crippen LogP contribution in [0.4, 0.5) is 0 Å². The summed E-state index contributed by atoms with van der Waals surface area (Å²) in [5.74, 6) is -0.0607. The summed E-state index contributed by atoms with van der Waals surface area (Å²) in [6.45, 7) is 1.58. The predicted octanol–water partition coefficient (Wildman–Crippen LogP) is 5.74.